The Morgan fingerprint density at radius 1 is 1.42 bits per heavy atom. The van der Waals surface area contributed by atoms with Crippen LogP contribution in [0.1, 0.15) is 30.9 Å². The molecule has 1 aromatic heterocycles. The third kappa shape index (κ3) is 2.65. The molecule has 1 atom stereocenters. The van der Waals surface area contributed by atoms with Gasteiger partial charge in [0.05, 0.1) is 12.5 Å². The first kappa shape index (κ1) is 15.5. The number of aromatic nitrogens is 1. The highest BCUT2D eigenvalue weighted by Crippen LogP contribution is 2.31. The Morgan fingerprint density at radius 3 is 3.04 bits per heavy atom. The standard InChI is InChI=1S/C20H24N2O2/c1-2-14-4-3-5-17-18(12-21-19(14)17)15-6-9-22(10-7-15)20(23)16-8-11-24-13-16/h3-6,12,16,21H,2,7-11,13H2,1H3. The Kier molecular flexibility index (Phi) is 4.15. The number of benzene rings is 1. The second kappa shape index (κ2) is 6.44. The molecule has 1 N–H and O–H groups in total. The number of amides is 1. The SMILES string of the molecule is CCc1cccc2c(C3=CCN(C(=O)C4CCOC4)CC3)c[nH]c12. The number of aromatic amines is 1. The highest BCUT2D eigenvalue weighted by molar-refractivity contribution is 5.94. The van der Waals surface area contributed by atoms with Crippen LogP contribution in [0.4, 0.5) is 0 Å². The number of carbonyl (C=O) groups excluding carboxylic acids is 1. The molecule has 1 aromatic carbocycles. The first-order chi connectivity index (χ1) is 11.8. The third-order valence-electron chi connectivity index (χ3n) is 5.33. The second-order valence-corrected chi connectivity index (χ2v) is 6.72. The van der Waals surface area contributed by atoms with Crippen molar-refractivity contribution >= 4 is 22.4 Å². The van der Waals surface area contributed by atoms with Crippen LogP contribution in [0.2, 0.25) is 0 Å². The van der Waals surface area contributed by atoms with Gasteiger partial charge in [-0.15, -0.1) is 0 Å². The van der Waals surface area contributed by atoms with Gasteiger partial charge in [-0.05, 0) is 30.4 Å². The molecular formula is C20H24N2O2. The Bertz CT molecular complexity index is 784. The van der Waals surface area contributed by atoms with Gasteiger partial charge < -0.3 is 14.6 Å². The van der Waals surface area contributed by atoms with Gasteiger partial charge in [0.15, 0.2) is 0 Å². The fourth-order valence-electron chi connectivity index (χ4n) is 3.88. The van der Waals surface area contributed by atoms with E-state index in [4.69, 9.17) is 4.74 Å². The number of fused-ring (bicyclic) bond motifs is 1. The largest absolute Gasteiger partial charge is 0.381 e. The summed E-state index contributed by atoms with van der Waals surface area (Å²) in [5, 5.41) is 1.30. The fraction of sp³-hybridized carbons (Fsp3) is 0.450. The lowest BCUT2D eigenvalue weighted by atomic mass is 9.97. The molecule has 0 spiro atoms. The summed E-state index contributed by atoms with van der Waals surface area (Å²) in [4.78, 5) is 17.9. The Balaban J connectivity index is 1.55. The van der Waals surface area contributed by atoms with Gasteiger partial charge >= 0.3 is 0 Å². The molecule has 0 saturated carbocycles. The van der Waals surface area contributed by atoms with Crippen LogP contribution in [0.5, 0.6) is 0 Å². The lowest BCUT2D eigenvalue weighted by Gasteiger charge is -2.28. The molecule has 1 saturated heterocycles. The van der Waals surface area contributed by atoms with Crippen molar-refractivity contribution in [3.63, 3.8) is 0 Å². The molecule has 24 heavy (non-hydrogen) atoms. The van der Waals surface area contributed by atoms with E-state index in [9.17, 15) is 4.79 Å². The first-order valence-corrected chi connectivity index (χ1v) is 8.93. The van der Waals surface area contributed by atoms with Crippen LogP contribution in [0, 0.1) is 5.92 Å². The summed E-state index contributed by atoms with van der Waals surface area (Å²) in [5.74, 6) is 0.329. The number of hydrogen-bond acceptors (Lipinski definition) is 2. The second-order valence-electron chi connectivity index (χ2n) is 6.72. The molecule has 3 heterocycles. The van der Waals surface area contributed by atoms with Crippen molar-refractivity contribution in [1.82, 2.24) is 9.88 Å². The maximum atomic E-state index is 12.5. The molecular weight excluding hydrogens is 300 g/mol. The minimum absolute atomic E-state index is 0.0696. The summed E-state index contributed by atoms with van der Waals surface area (Å²) < 4.78 is 5.35. The third-order valence-corrected chi connectivity index (χ3v) is 5.33. The molecule has 0 aliphatic carbocycles. The number of hydrogen-bond donors (Lipinski definition) is 1. The molecule has 126 valence electrons. The van der Waals surface area contributed by atoms with Gasteiger partial charge in [-0.25, -0.2) is 0 Å². The molecule has 4 nitrogen and oxygen atoms in total. The number of H-pyrrole nitrogens is 1. The van der Waals surface area contributed by atoms with E-state index in [0.29, 0.717) is 13.2 Å². The van der Waals surface area contributed by atoms with Gasteiger partial charge in [0, 0.05) is 42.4 Å². The zero-order valence-electron chi connectivity index (χ0n) is 14.2. The van der Waals surface area contributed by atoms with Gasteiger partial charge in [-0.3, -0.25) is 4.79 Å². The predicted octanol–water partition coefficient (Wildman–Crippen LogP) is 3.38. The van der Waals surface area contributed by atoms with Crippen LogP contribution in [-0.4, -0.2) is 42.1 Å². The minimum Gasteiger partial charge on any atom is -0.381 e. The van der Waals surface area contributed by atoms with Crippen molar-refractivity contribution in [1.29, 1.82) is 0 Å². The molecule has 4 heteroatoms. The van der Waals surface area contributed by atoms with Crippen LogP contribution in [0.25, 0.3) is 16.5 Å². The number of rotatable bonds is 3. The number of para-hydroxylation sites is 1. The minimum atomic E-state index is 0.0696. The van der Waals surface area contributed by atoms with E-state index in [-0.39, 0.29) is 11.8 Å². The molecule has 0 bridgehead atoms. The van der Waals surface area contributed by atoms with Crippen LogP contribution in [0.15, 0.2) is 30.5 Å². The van der Waals surface area contributed by atoms with Gasteiger partial charge in [-0.1, -0.05) is 31.2 Å². The smallest absolute Gasteiger partial charge is 0.228 e. The number of ether oxygens (including phenoxy) is 1. The van der Waals surface area contributed by atoms with E-state index in [0.717, 1.165) is 32.4 Å². The molecule has 1 unspecified atom stereocenters. The highest BCUT2D eigenvalue weighted by Gasteiger charge is 2.29. The molecule has 1 fully saturated rings. The molecule has 4 rings (SSSR count). The predicted molar refractivity (Wildman–Crippen MR) is 95.8 cm³/mol. The number of nitrogens with zero attached hydrogens (tertiary/aromatic N) is 1. The number of carbonyl (C=O) groups is 1. The van der Waals surface area contributed by atoms with Crippen molar-refractivity contribution in [2.24, 2.45) is 5.92 Å². The van der Waals surface area contributed by atoms with Crippen molar-refractivity contribution in [3.8, 4) is 0 Å². The van der Waals surface area contributed by atoms with Gasteiger partial charge in [0.25, 0.3) is 0 Å². The van der Waals surface area contributed by atoms with Crippen LogP contribution in [-0.2, 0) is 16.0 Å². The Morgan fingerprint density at radius 2 is 2.33 bits per heavy atom. The topological polar surface area (TPSA) is 45.3 Å². The van der Waals surface area contributed by atoms with E-state index in [1.807, 2.05) is 4.90 Å². The lowest BCUT2D eigenvalue weighted by molar-refractivity contribution is -0.135. The Hall–Kier alpha value is -2.07. The van der Waals surface area contributed by atoms with Crippen molar-refractivity contribution in [3.05, 3.63) is 41.6 Å². The summed E-state index contributed by atoms with van der Waals surface area (Å²) in [6.07, 6.45) is 7.16. The van der Waals surface area contributed by atoms with Gasteiger partial charge in [0.2, 0.25) is 5.91 Å². The van der Waals surface area contributed by atoms with E-state index in [1.165, 1.54) is 27.6 Å². The quantitative estimate of drug-likeness (QED) is 0.941. The van der Waals surface area contributed by atoms with Crippen molar-refractivity contribution < 1.29 is 9.53 Å². The fourth-order valence-corrected chi connectivity index (χ4v) is 3.88. The van der Waals surface area contributed by atoms with E-state index < -0.39 is 0 Å². The Labute approximate surface area is 142 Å². The average Bonchev–Trinajstić information content (AvgIpc) is 3.30. The zero-order valence-corrected chi connectivity index (χ0v) is 14.2. The first-order valence-electron chi connectivity index (χ1n) is 8.93. The summed E-state index contributed by atoms with van der Waals surface area (Å²) >= 11 is 0. The maximum Gasteiger partial charge on any atom is 0.228 e. The van der Waals surface area contributed by atoms with Gasteiger partial charge in [-0.2, -0.15) is 0 Å². The molecule has 0 radical (unpaired) electrons. The number of aryl methyl sites for hydroxylation is 1. The van der Waals surface area contributed by atoms with Crippen LogP contribution in [0.3, 0.4) is 0 Å². The van der Waals surface area contributed by atoms with Crippen molar-refractivity contribution in [2.75, 3.05) is 26.3 Å². The molecule has 1 amide bonds. The monoisotopic (exact) mass is 324 g/mol. The van der Waals surface area contributed by atoms with E-state index in [1.54, 1.807) is 0 Å². The highest BCUT2D eigenvalue weighted by atomic mass is 16.5. The van der Waals surface area contributed by atoms with Crippen LogP contribution < -0.4 is 0 Å². The number of nitrogens with one attached hydrogen (secondary N) is 1. The zero-order chi connectivity index (χ0) is 16.5. The van der Waals surface area contributed by atoms with Crippen LogP contribution >= 0.6 is 0 Å². The summed E-state index contributed by atoms with van der Waals surface area (Å²) in [7, 11) is 0. The van der Waals surface area contributed by atoms with Crippen molar-refractivity contribution in [2.45, 2.75) is 26.2 Å². The van der Waals surface area contributed by atoms with E-state index in [2.05, 4.69) is 42.4 Å². The maximum absolute atomic E-state index is 12.5. The van der Waals surface area contributed by atoms with E-state index >= 15 is 0 Å². The summed E-state index contributed by atoms with van der Waals surface area (Å²) in [5.41, 5.74) is 5.24. The summed E-state index contributed by atoms with van der Waals surface area (Å²) in [6.45, 7) is 5.02. The van der Waals surface area contributed by atoms with Gasteiger partial charge in [0.1, 0.15) is 0 Å². The normalized spacial score (nSPS) is 21.3. The molecule has 2 aliphatic heterocycles. The summed E-state index contributed by atoms with van der Waals surface area (Å²) in [6, 6.07) is 6.51. The lowest BCUT2D eigenvalue weighted by Crippen LogP contribution is -2.39. The average molecular weight is 324 g/mol. The molecule has 2 aromatic rings. The molecule has 2 aliphatic rings.